The summed E-state index contributed by atoms with van der Waals surface area (Å²) < 4.78 is 0. The Morgan fingerprint density at radius 3 is 2.39 bits per heavy atom. The van der Waals surface area contributed by atoms with Gasteiger partial charge in [0.25, 0.3) is 0 Å². The topological polar surface area (TPSA) is 54.3 Å². The van der Waals surface area contributed by atoms with Gasteiger partial charge in [0.1, 0.15) is 0 Å². The molecule has 38 heavy (non-hydrogen) atoms. The van der Waals surface area contributed by atoms with Crippen molar-refractivity contribution >= 4 is 17.1 Å². The molecule has 1 fully saturated rings. The SMILES string of the molecule is CC.CCCCN(CC)c1ccc(N2NC(NC(C)C3CCCCC3)C=C2c2ccc(C#N)c(C)c2)cc1. The zero-order chi connectivity index (χ0) is 27.5. The van der Waals surface area contributed by atoms with Crippen LogP contribution in [0, 0.1) is 24.2 Å². The van der Waals surface area contributed by atoms with E-state index in [0.29, 0.717) is 6.04 Å². The lowest BCUT2D eigenvalue weighted by Crippen LogP contribution is -2.49. The smallest absolute Gasteiger partial charge is 0.0994 e. The summed E-state index contributed by atoms with van der Waals surface area (Å²) in [6, 6.07) is 17.8. The monoisotopic (exact) mass is 515 g/mol. The molecule has 4 rings (SSSR count). The maximum Gasteiger partial charge on any atom is 0.0994 e. The van der Waals surface area contributed by atoms with Gasteiger partial charge >= 0.3 is 0 Å². The minimum absolute atomic E-state index is 0.0595. The Kier molecular flexibility index (Phi) is 11.7. The molecule has 0 saturated heterocycles. The summed E-state index contributed by atoms with van der Waals surface area (Å²) in [6.45, 7) is 14.9. The van der Waals surface area contributed by atoms with Crippen molar-refractivity contribution in [3.63, 3.8) is 0 Å². The molecule has 0 radical (unpaired) electrons. The summed E-state index contributed by atoms with van der Waals surface area (Å²) in [5.41, 5.74) is 10.1. The van der Waals surface area contributed by atoms with Gasteiger partial charge in [-0.15, -0.1) is 0 Å². The molecule has 0 aromatic heterocycles. The van der Waals surface area contributed by atoms with Crippen molar-refractivity contribution in [2.24, 2.45) is 5.92 Å². The van der Waals surface area contributed by atoms with Crippen molar-refractivity contribution < 1.29 is 0 Å². The predicted molar refractivity (Wildman–Crippen MR) is 163 cm³/mol. The highest BCUT2D eigenvalue weighted by atomic mass is 15.6. The van der Waals surface area contributed by atoms with E-state index in [-0.39, 0.29) is 6.17 Å². The number of benzene rings is 2. The second-order valence-electron chi connectivity index (χ2n) is 10.4. The van der Waals surface area contributed by atoms with Crippen molar-refractivity contribution in [1.29, 1.82) is 5.26 Å². The van der Waals surface area contributed by atoms with Crippen LogP contribution in [0.4, 0.5) is 11.4 Å². The van der Waals surface area contributed by atoms with Crippen molar-refractivity contribution in [3.8, 4) is 6.07 Å². The highest BCUT2D eigenvalue weighted by molar-refractivity contribution is 5.82. The van der Waals surface area contributed by atoms with E-state index >= 15 is 0 Å². The van der Waals surface area contributed by atoms with Gasteiger partial charge in [0, 0.05) is 24.8 Å². The molecule has 1 saturated carbocycles. The van der Waals surface area contributed by atoms with Gasteiger partial charge in [-0.2, -0.15) is 5.26 Å². The van der Waals surface area contributed by atoms with E-state index in [0.717, 1.165) is 47.1 Å². The largest absolute Gasteiger partial charge is 0.372 e. The Morgan fingerprint density at radius 1 is 1.08 bits per heavy atom. The summed E-state index contributed by atoms with van der Waals surface area (Å²) in [5.74, 6) is 0.742. The summed E-state index contributed by atoms with van der Waals surface area (Å²) in [6.07, 6.45) is 11.5. The van der Waals surface area contributed by atoms with Gasteiger partial charge in [-0.3, -0.25) is 10.3 Å². The molecule has 2 N–H and O–H groups in total. The number of nitrogens with one attached hydrogen (secondary N) is 2. The number of nitriles is 1. The van der Waals surface area contributed by atoms with E-state index in [4.69, 9.17) is 0 Å². The molecule has 0 amide bonds. The number of nitrogens with zero attached hydrogens (tertiary/aromatic N) is 3. The van der Waals surface area contributed by atoms with Crippen LogP contribution in [-0.4, -0.2) is 25.3 Å². The Labute approximate surface area is 231 Å². The number of hydrogen-bond donors (Lipinski definition) is 2. The molecule has 2 atom stereocenters. The lowest BCUT2D eigenvalue weighted by Gasteiger charge is -2.31. The highest BCUT2D eigenvalue weighted by Gasteiger charge is 2.29. The molecule has 5 heteroatoms. The van der Waals surface area contributed by atoms with Crippen LogP contribution in [0.5, 0.6) is 0 Å². The maximum absolute atomic E-state index is 9.41. The van der Waals surface area contributed by atoms with E-state index in [1.165, 1.54) is 50.6 Å². The number of rotatable bonds is 10. The number of hydrogen-bond acceptors (Lipinski definition) is 5. The molecular formula is C33H49N5. The van der Waals surface area contributed by atoms with E-state index in [1.54, 1.807) is 0 Å². The molecule has 5 nitrogen and oxygen atoms in total. The van der Waals surface area contributed by atoms with Crippen LogP contribution in [0.2, 0.25) is 0 Å². The number of unbranched alkanes of at least 4 members (excludes halogenated alkanes) is 1. The Hall–Kier alpha value is -2.81. The van der Waals surface area contributed by atoms with Crippen molar-refractivity contribution in [2.75, 3.05) is 23.0 Å². The zero-order valence-corrected chi connectivity index (χ0v) is 24.6. The Balaban J connectivity index is 0.00000195. The molecule has 1 aliphatic heterocycles. The summed E-state index contributed by atoms with van der Waals surface area (Å²) in [5, 5.41) is 15.5. The van der Waals surface area contributed by atoms with Crippen LogP contribution in [0.15, 0.2) is 48.5 Å². The van der Waals surface area contributed by atoms with Gasteiger partial charge in [-0.25, -0.2) is 5.43 Å². The van der Waals surface area contributed by atoms with Crippen molar-refractivity contribution in [1.82, 2.24) is 10.7 Å². The van der Waals surface area contributed by atoms with E-state index in [2.05, 4.69) is 90.0 Å². The second kappa shape index (κ2) is 15.0. The first kappa shape index (κ1) is 29.7. The molecular weight excluding hydrogens is 466 g/mol. The zero-order valence-electron chi connectivity index (χ0n) is 24.6. The Morgan fingerprint density at radius 2 is 1.79 bits per heavy atom. The molecule has 2 unspecified atom stereocenters. The van der Waals surface area contributed by atoms with Crippen LogP contribution in [0.25, 0.3) is 5.70 Å². The molecule has 2 aromatic carbocycles. The normalized spacial score (nSPS) is 18.3. The van der Waals surface area contributed by atoms with E-state index in [9.17, 15) is 5.26 Å². The second-order valence-corrected chi connectivity index (χ2v) is 10.4. The number of aryl methyl sites for hydroxylation is 1. The first-order chi connectivity index (χ1) is 18.5. The first-order valence-corrected chi connectivity index (χ1v) is 14.9. The summed E-state index contributed by atoms with van der Waals surface area (Å²) in [7, 11) is 0. The molecule has 206 valence electrons. The lowest BCUT2D eigenvalue weighted by atomic mass is 9.84. The molecule has 0 bridgehead atoms. The molecule has 1 heterocycles. The standard InChI is InChI=1S/C31H43N5.C2H6/c1-5-7-19-35(6-2)28-15-17-29(18-16-28)36-30(26-13-14-27(22-32)23(3)20-26)21-31(34-36)33-24(4)25-11-9-8-10-12-25;1-2/h13-18,20-21,24-25,31,33-34H,5-12,19H2,1-4H3;1-2H3. The fourth-order valence-electron chi connectivity index (χ4n) is 5.64. The fraction of sp³-hybridized carbons (Fsp3) is 0.545. The third kappa shape index (κ3) is 7.40. The number of hydrazine groups is 1. The average Bonchev–Trinajstić information content (AvgIpc) is 3.39. The third-order valence-corrected chi connectivity index (χ3v) is 7.91. The van der Waals surface area contributed by atoms with Crippen molar-refractivity contribution in [3.05, 3.63) is 65.2 Å². The van der Waals surface area contributed by atoms with Crippen LogP contribution >= 0.6 is 0 Å². The fourth-order valence-corrected chi connectivity index (χ4v) is 5.64. The summed E-state index contributed by atoms with van der Waals surface area (Å²) >= 11 is 0. The van der Waals surface area contributed by atoms with Gasteiger partial charge in [0.05, 0.1) is 29.2 Å². The number of anilines is 2. The lowest BCUT2D eigenvalue weighted by molar-refractivity contribution is 0.266. The van der Waals surface area contributed by atoms with Gasteiger partial charge in [0.2, 0.25) is 0 Å². The van der Waals surface area contributed by atoms with Crippen molar-refractivity contribution in [2.45, 2.75) is 98.7 Å². The summed E-state index contributed by atoms with van der Waals surface area (Å²) in [4.78, 5) is 2.45. The van der Waals surface area contributed by atoms with Gasteiger partial charge < -0.3 is 4.90 Å². The van der Waals surface area contributed by atoms with Crippen LogP contribution in [0.1, 0.15) is 96.3 Å². The minimum atomic E-state index is 0.0595. The molecule has 2 aromatic rings. The first-order valence-electron chi connectivity index (χ1n) is 14.9. The Bertz CT molecular complexity index is 1060. The maximum atomic E-state index is 9.41. The molecule has 1 aliphatic carbocycles. The highest BCUT2D eigenvalue weighted by Crippen LogP contribution is 2.32. The quantitative estimate of drug-likeness (QED) is 0.338. The van der Waals surface area contributed by atoms with Crippen LogP contribution < -0.4 is 20.7 Å². The van der Waals surface area contributed by atoms with Gasteiger partial charge in [-0.05, 0) is 99.6 Å². The average molecular weight is 516 g/mol. The third-order valence-electron chi connectivity index (χ3n) is 7.91. The van der Waals surface area contributed by atoms with Crippen LogP contribution in [-0.2, 0) is 0 Å². The van der Waals surface area contributed by atoms with Gasteiger partial charge in [0.15, 0.2) is 0 Å². The van der Waals surface area contributed by atoms with Gasteiger partial charge in [-0.1, -0.05) is 52.5 Å². The van der Waals surface area contributed by atoms with E-state index in [1.807, 2.05) is 26.8 Å². The predicted octanol–water partition coefficient (Wildman–Crippen LogP) is 7.77. The molecule has 2 aliphatic rings. The van der Waals surface area contributed by atoms with E-state index < -0.39 is 0 Å². The van der Waals surface area contributed by atoms with Crippen LogP contribution in [0.3, 0.4) is 0 Å². The molecule has 0 spiro atoms. The minimum Gasteiger partial charge on any atom is -0.372 e.